The van der Waals surface area contributed by atoms with E-state index in [0.29, 0.717) is 6.54 Å². The highest BCUT2D eigenvalue weighted by atomic mass is 28.4. The van der Waals surface area contributed by atoms with E-state index in [9.17, 15) is 0 Å². The molecule has 0 aliphatic heterocycles. The molecule has 2 N–H and O–H groups in total. The quantitative estimate of drug-likeness (QED) is 0.357. The van der Waals surface area contributed by atoms with Crippen LogP contribution in [-0.2, 0) is 4.43 Å². The molecule has 0 saturated carbocycles. The Bertz CT molecular complexity index is 186. The van der Waals surface area contributed by atoms with E-state index in [2.05, 4.69) is 20.0 Å². The van der Waals surface area contributed by atoms with Gasteiger partial charge in [-0.1, -0.05) is 71.1 Å². The van der Waals surface area contributed by atoms with E-state index in [-0.39, 0.29) is 0 Å². The maximum absolute atomic E-state index is 5.88. The third-order valence-corrected chi connectivity index (χ3v) is 6.29. The molecule has 19 heavy (non-hydrogen) atoms. The van der Waals surface area contributed by atoms with Crippen LogP contribution in [0, 0.1) is 0 Å². The average Bonchev–Trinajstić information content (AvgIpc) is 2.38. The van der Waals surface area contributed by atoms with Crippen molar-refractivity contribution in [1.82, 2.24) is 0 Å². The van der Waals surface area contributed by atoms with Gasteiger partial charge in [0, 0.05) is 13.2 Å². The van der Waals surface area contributed by atoms with E-state index in [1.165, 1.54) is 70.3 Å². The molecule has 0 aromatic rings. The normalized spacial score (nSPS) is 12.0. The lowest BCUT2D eigenvalue weighted by atomic mass is 10.1. The van der Waals surface area contributed by atoms with Crippen molar-refractivity contribution in [3.05, 3.63) is 0 Å². The van der Waals surface area contributed by atoms with Gasteiger partial charge in [0.2, 0.25) is 0 Å². The van der Waals surface area contributed by atoms with Gasteiger partial charge in [-0.15, -0.1) is 0 Å². The molecule has 116 valence electrons. The molecule has 0 unspecified atom stereocenters. The predicted molar refractivity (Wildman–Crippen MR) is 89.1 cm³/mol. The lowest BCUT2D eigenvalue weighted by Crippen LogP contribution is -2.32. The Morgan fingerprint density at radius 1 is 0.789 bits per heavy atom. The molecule has 0 aliphatic carbocycles. The number of unbranched alkanes of at least 4 members (excludes halogenated alkanes) is 9. The first-order valence-corrected chi connectivity index (χ1v) is 11.6. The molecule has 0 bridgehead atoms. The molecular weight excluding hydrogens is 250 g/mol. The van der Waals surface area contributed by atoms with Gasteiger partial charge in [0.25, 0.3) is 0 Å². The molecule has 0 saturated heterocycles. The summed E-state index contributed by atoms with van der Waals surface area (Å²) in [4.78, 5) is 0. The van der Waals surface area contributed by atoms with Gasteiger partial charge in [0.15, 0.2) is 8.32 Å². The largest absolute Gasteiger partial charge is 0.416 e. The second-order valence-electron chi connectivity index (χ2n) is 6.33. The van der Waals surface area contributed by atoms with Gasteiger partial charge in [0.05, 0.1) is 0 Å². The Morgan fingerprint density at radius 3 is 1.74 bits per heavy atom. The van der Waals surface area contributed by atoms with E-state index < -0.39 is 8.32 Å². The third-order valence-electron chi connectivity index (χ3n) is 3.74. The predicted octanol–water partition coefficient (Wildman–Crippen LogP) is 5.09. The second kappa shape index (κ2) is 13.1. The fraction of sp³-hybridized carbons (Fsp3) is 1.00. The van der Waals surface area contributed by atoms with E-state index in [4.69, 9.17) is 10.2 Å². The Kier molecular flexibility index (Phi) is 13.2. The maximum atomic E-state index is 5.88. The Balaban J connectivity index is 3.21. The summed E-state index contributed by atoms with van der Waals surface area (Å²) in [5.74, 6) is 0. The van der Waals surface area contributed by atoms with Crippen LogP contribution >= 0.6 is 0 Å². The minimum atomic E-state index is -1.39. The summed E-state index contributed by atoms with van der Waals surface area (Å²) in [6.45, 7) is 8.32. The lowest BCUT2D eigenvalue weighted by Gasteiger charge is -2.22. The van der Waals surface area contributed by atoms with Gasteiger partial charge < -0.3 is 10.2 Å². The summed E-state index contributed by atoms with van der Waals surface area (Å²) >= 11 is 0. The minimum absolute atomic E-state index is 0.661. The first-order chi connectivity index (χ1) is 9.12. The van der Waals surface area contributed by atoms with Gasteiger partial charge in [-0.3, -0.25) is 0 Å². The zero-order valence-electron chi connectivity index (χ0n) is 13.7. The highest BCUT2D eigenvalue weighted by Gasteiger charge is 2.20. The standard InChI is InChI=1S/C16H37NOSi/c1-4-5-6-7-8-9-10-11-12-13-16-19(2,3)18-15-14-17/h4-17H2,1-3H3. The van der Waals surface area contributed by atoms with Crippen LogP contribution in [0.3, 0.4) is 0 Å². The van der Waals surface area contributed by atoms with Crippen LogP contribution in [0.25, 0.3) is 0 Å². The fourth-order valence-electron chi connectivity index (χ4n) is 2.45. The number of hydrogen-bond donors (Lipinski definition) is 1. The van der Waals surface area contributed by atoms with Crippen LogP contribution in [0.1, 0.15) is 71.1 Å². The smallest absolute Gasteiger partial charge is 0.186 e. The summed E-state index contributed by atoms with van der Waals surface area (Å²) in [5, 5.41) is 0. The molecule has 0 rings (SSSR count). The highest BCUT2D eigenvalue weighted by molar-refractivity contribution is 6.71. The monoisotopic (exact) mass is 287 g/mol. The van der Waals surface area contributed by atoms with Crippen LogP contribution in [0.15, 0.2) is 0 Å². The Morgan fingerprint density at radius 2 is 1.26 bits per heavy atom. The summed E-state index contributed by atoms with van der Waals surface area (Å²) in [7, 11) is -1.39. The first-order valence-electron chi connectivity index (χ1n) is 8.46. The van der Waals surface area contributed by atoms with Crippen molar-refractivity contribution >= 4 is 8.32 Å². The minimum Gasteiger partial charge on any atom is -0.416 e. The molecule has 0 fully saturated rings. The van der Waals surface area contributed by atoms with Gasteiger partial charge in [0.1, 0.15) is 0 Å². The van der Waals surface area contributed by atoms with Gasteiger partial charge in [-0.05, 0) is 19.1 Å². The maximum Gasteiger partial charge on any atom is 0.186 e. The van der Waals surface area contributed by atoms with Crippen molar-refractivity contribution in [2.45, 2.75) is 90.3 Å². The molecule has 0 radical (unpaired) electrons. The summed E-state index contributed by atoms with van der Waals surface area (Å²) < 4.78 is 5.88. The van der Waals surface area contributed by atoms with Crippen molar-refractivity contribution < 1.29 is 4.43 Å². The molecule has 0 aliphatic rings. The third kappa shape index (κ3) is 14.4. The number of rotatable bonds is 14. The number of hydrogen-bond acceptors (Lipinski definition) is 2. The van der Waals surface area contributed by atoms with E-state index >= 15 is 0 Å². The van der Waals surface area contributed by atoms with Crippen LogP contribution in [0.2, 0.25) is 19.1 Å². The van der Waals surface area contributed by atoms with E-state index in [1.807, 2.05) is 0 Å². The van der Waals surface area contributed by atoms with Crippen LogP contribution < -0.4 is 5.73 Å². The highest BCUT2D eigenvalue weighted by Crippen LogP contribution is 2.17. The molecule has 0 heterocycles. The molecular formula is C16H37NOSi. The van der Waals surface area contributed by atoms with Crippen molar-refractivity contribution in [2.24, 2.45) is 5.73 Å². The van der Waals surface area contributed by atoms with Gasteiger partial charge >= 0.3 is 0 Å². The molecule has 0 aromatic heterocycles. The zero-order chi connectivity index (χ0) is 14.4. The van der Waals surface area contributed by atoms with Gasteiger partial charge in [-0.25, -0.2) is 0 Å². The van der Waals surface area contributed by atoms with Crippen molar-refractivity contribution in [3.63, 3.8) is 0 Å². The van der Waals surface area contributed by atoms with E-state index in [1.54, 1.807) is 0 Å². The molecule has 3 heteroatoms. The summed E-state index contributed by atoms with van der Waals surface area (Å²) in [6.07, 6.45) is 14.1. The fourth-order valence-corrected chi connectivity index (χ4v) is 4.36. The number of nitrogens with two attached hydrogens (primary N) is 1. The van der Waals surface area contributed by atoms with Crippen LogP contribution in [0.4, 0.5) is 0 Å². The van der Waals surface area contributed by atoms with Crippen molar-refractivity contribution in [3.8, 4) is 0 Å². The second-order valence-corrected chi connectivity index (χ2v) is 10.6. The zero-order valence-corrected chi connectivity index (χ0v) is 14.7. The Labute approximate surface area is 122 Å². The van der Waals surface area contributed by atoms with Crippen LogP contribution in [-0.4, -0.2) is 21.5 Å². The van der Waals surface area contributed by atoms with Crippen LogP contribution in [0.5, 0.6) is 0 Å². The van der Waals surface area contributed by atoms with Gasteiger partial charge in [-0.2, -0.15) is 0 Å². The average molecular weight is 288 g/mol. The molecule has 0 aromatic carbocycles. The first kappa shape index (κ1) is 19.1. The lowest BCUT2D eigenvalue weighted by molar-refractivity contribution is 0.316. The molecule has 0 atom stereocenters. The Hall–Kier alpha value is 0.137. The van der Waals surface area contributed by atoms with E-state index in [0.717, 1.165) is 6.61 Å². The molecule has 2 nitrogen and oxygen atoms in total. The molecule has 0 spiro atoms. The summed E-state index contributed by atoms with van der Waals surface area (Å²) in [6, 6.07) is 1.30. The summed E-state index contributed by atoms with van der Waals surface area (Å²) in [5.41, 5.74) is 5.49. The topological polar surface area (TPSA) is 35.2 Å². The van der Waals surface area contributed by atoms with Crippen molar-refractivity contribution in [1.29, 1.82) is 0 Å². The van der Waals surface area contributed by atoms with Crippen molar-refractivity contribution in [2.75, 3.05) is 13.2 Å². The SMILES string of the molecule is CCCCCCCCCCCC[Si](C)(C)OCCN. The molecule has 0 amide bonds.